The van der Waals surface area contributed by atoms with Crippen molar-refractivity contribution in [3.05, 3.63) is 47.3 Å². The molecule has 112 valence electrons. The summed E-state index contributed by atoms with van der Waals surface area (Å²) in [4.78, 5) is 0.241. The predicted octanol–water partition coefficient (Wildman–Crippen LogP) is 1.30. The van der Waals surface area contributed by atoms with E-state index in [4.69, 9.17) is 18.0 Å². The van der Waals surface area contributed by atoms with Crippen molar-refractivity contribution in [2.24, 2.45) is 12.8 Å². The number of nitrogens with zero attached hydrogens (tertiary/aromatic N) is 2. The van der Waals surface area contributed by atoms with E-state index >= 15 is 0 Å². The Hall–Kier alpha value is -1.93. The van der Waals surface area contributed by atoms with Crippen LogP contribution in [0.3, 0.4) is 0 Å². The molecule has 1 heterocycles. The standard InChI is InChI=1S/C13H16N4O2S2/c1-9-12(7-17(2)15-9)16-21(18,19)8-10-4-3-5-11(6-10)13(14)20/h3-7,16H,8H2,1-2H3,(H2,14,20). The molecule has 1 aromatic carbocycles. The molecule has 1 aromatic heterocycles. The SMILES string of the molecule is Cc1nn(C)cc1NS(=O)(=O)Cc1cccc(C(N)=S)c1. The van der Waals surface area contributed by atoms with Gasteiger partial charge in [-0.2, -0.15) is 5.10 Å². The number of anilines is 1. The average Bonchev–Trinajstić information content (AvgIpc) is 2.66. The lowest BCUT2D eigenvalue weighted by Gasteiger charge is -2.08. The van der Waals surface area contributed by atoms with Gasteiger partial charge in [-0.15, -0.1) is 0 Å². The molecule has 8 heteroatoms. The first kappa shape index (κ1) is 15.5. The third-order valence-corrected chi connectivity index (χ3v) is 4.33. The molecule has 21 heavy (non-hydrogen) atoms. The summed E-state index contributed by atoms with van der Waals surface area (Å²) < 4.78 is 28.5. The number of thiocarbonyl (C=S) groups is 1. The molecule has 0 aliphatic rings. The van der Waals surface area contributed by atoms with Crippen molar-refractivity contribution in [3.63, 3.8) is 0 Å². The lowest BCUT2D eigenvalue weighted by atomic mass is 10.1. The molecule has 0 radical (unpaired) electrons. The molecule has 0 bridgehead atoms. The molecule has 2 aromatic rings. The van der Waals surface area contributed by atoms with Crippen LogP contribution in [0.4, 0.5) is 5.69 Å². The summed E-state index contributed by atoms with van der Waals surface area (Å²) in [6, 6.07) is 6.88. The number of aryl methyl sites for hydroxylation is 2. The molecule has 0 amide bonds. The Morgan fingerprint density at radius 1 is 1.48 bits per heavy atom. The molecule has 6 nitrogen and oxygen atoms in total. The minimum atomic E-state index is -3.53. The Bertz CT molecular complexity index is 781. The number of hydrogen-bond acceptors (Lipinski definition) is 4. The van der Waals surface area contributed by atoms with Gasteiger partial charge in [0.1, 0.15) is 4.99 Å². The average molecular weight is 324 g/mol. The van der Waals surface area contributed by atoms with E-state index in [1.54, 1.807) is 49.1 Å². The number of aromatic nitrogens is 2. The molecule has 2 rings (SSSR count). The van der Waals surface area contributed by atoms with Gasteiger partial charge in [0.15, 0.2) is 0 Å². The largest absolute Gasteiger partial charge is 0.389 e. The maximum Gasteiger partial charge on any atom is 0.237 e. The third kappa shape index (κ3) is 4.02. The van der Waals surface area contributed by atoms with Crippen molar-refractivity contribution in [1.82, 2.24) is 9.78 Å². The van der Waals surface area contributed by atoms with Crippen LogP contribution in [0.25, 0.3) is 0 Å². The molecule has 0 aliphatic heterocycles. The van der Waals surface area contributed by atoms with Gasteiger partial charge in [-0.25, -0.2) is 8.42 Å². The number of sulfonamides is 1. The second-order valence-electron chi connectivity index (χ2n) is 4.73. The molecule has 0 aliphatic carbocycles. The van der Waals surface area contributed by atoms with Crippen LogP contribution in [0.1, 0.15) is 16.8 Å². The first-order chi connectivity index (χ1) is 9.77. The molecule has 0 saturated carbocycles. The van der Waals surface area contributed by atoms with Crippen LogP contribution in [0.5, 0.6) is 0 Å². The highest BCUT2D eigenvalue weighted by Gasteiger charge is 2.15. The van der Waals surface area contributed by atoms with E-state index in [0.29, 0.717) is 22.5 Å². The molecular formula is C13H16N4O2S2. The maximum atomic E-state index is 12.2. The first-order valence-corrected chi connectivity index (χ1v) is 8.22. The monoisotopic (exact) mass is 324 g/mol. The highest BCUT2D eigenvalue weighted by atomic mass is 32.2. The van der Waals surface area contributed by atoms with E-state index in [2.05, 4.69) is 9.82 Å². The van der Waals surface area contributed by atoms with Crippen LogP contribution in [-0.4, -0.2) is 23.2 Å². The lowest BCUT2D eigenvalue weighted by Crippen LogP contribution is -2.16. The van der Waals surface area contributed by atoms with Gasteiger partial charge in [-0.1, -0.05) is 30.4 Å². The normalized spacial score (nSPS) is 11.3. The van der Waals surface area contributed by atoms with Gasteiger partial charge in [-0.05, 0) is 18.6 Å². The Balaban J connectivity index is 2.19. The fourth-order valence-electron chi connectivity index (χ4n) is 1.94. The van der Waals surface area contributed by atoms with Gasteiger partial charge >= 0.3 is 0 Å². The maximum absolute atomic E-state index is 12.2. The quantitative estimate of drug-likeness (QED) is 0.809. The van der Waals surface area contributed by atoms with E-state index in [9.17, 15) is 8.42 Å². The zero-order chi connectivity index (χ0) is 15.6. The molecule has 0 unspecified atom stereocenters. The van der Waals surface area contributed by atoms with Crippen molar-refractivity contribution >= 4 is 32.9 Å². The zero-order valence-corrected chi connectivity index (χ0v) is 13.3. The molecule has 0 atom stereocenters. The van der Waals surface area contributed by atoms with E-state index in [1.165, 1.54) is 0 Å². The molecule has 0 spiro atoms. The van der Waals surface area contributed by atoms with Gasteiger partial charge in [0.2, 0.25) is 10.0 Å². The minimum Gasteiger partial charge on any atom is -0.389 e. The van der Waals surface area contributed by atoms with Crippen molar-refractivity contribution in [2.45, 2.75) is 12.7 Å². The van der Waals surface area contributed by atoms with Crippen molar-refractivity contribution in [2.75, 3.05) is 4.72 Å². The van der Waals surface area contributed by atoms with Gasteiger partial charge in [0.25, 0.3) is 0 Å². The summed E-state index contributed by atoms with van der Waals surface area (Å²) >= 11 is 4.89. The number of hydrogen-bond donors (Lipinski definition) is 2. The lowest BCUT2D eigenvalue weighted by molar-refractivity contribution is 0.600. The van der Waals surface area contributed by atoms with E-state index in [0.717, 1.165) is 0 Å². The van der Waals surface area contributed by atoms with Gasteiger partial charge < -0.3 is 5.73 Å². The van der Waals surface area contributed by atoms with Gasteiger partial charge in [0.05, 0.1) is 17.1 Å². The Kier molecular flexibility index (Phi) is 4.29. The Morgan fingerprint density at radius 3 is 2.76 bits per heavy atom. The van der Waals surface area contributed by atoms with Crippen LogP contribution < -0.4 is 10.5 Å². The number of nitrogens with two attached hydrogens (primary N) is 1. The van der Waals surface area contributed by atoms with E-state index < -0.39 is 10.0 Å². The second kappa shape index (κ2) is 5.82. The summed E-state index contributed by atoms with van der Waals surface area (Å²) in [7, 11) is -1.79. The van der Waals surface area contributed by atoms with E-state index in [1.807, 2.05) is 0 Å². The highest BCUT2D eigenvalue weighted by molar-refractivity contribution is 7.91. The highest BCUT2D eigenvalue weighted by Crippen LogP contribution is 2.16. The van der Waals surface area contributed by atoms with Crippen molar-refractivity contribution in [3.8, 4) is 0 Å². The van der Waals surface area contributed by atoms with Crippen LogP contribution in [0.2, 0.25) is 0 Å². The van der Waals surface area contributed by atoms with Crippen LogP contribution in [-0.2, 0) is 22.8 Å². The fraction of sp³-hybridized carbons (Fsp3) is 0.231. The van der Waals surface area contributed by atoms with Crippen LogP contribution in [0, 0.1) is 6.92 Å². The third-order valence-electron chi connectivity index (χ3n) is 2.85. The van der Waals surface area contributed by atoms with Crippen molar-refractivity contribution < 1.29 is 8.42 Å². The van der Waals surface area contributed by atoms with Gasteiger partial charge in [-0.3, -0.25) is 9.40 Å². The fourth-order valence-corrected chi connectivity index (χ4v) is 3.29. The van der Waals surface area contributed by atoms with E-state index in [-0.39, 0.29) is 10.7 Å². The number of nitrogens with one attached hydrogen (secondary N) is 1. The summed E-state index contributed by atoms with van der Waals surface area (Å²) in [6.45, 7) is 1.74. The first-order valence-electron chi connectivity index (χ1n) is 6.16. The topological polar surface area (TPSA) is 90.0 Å². The van der Waals surface area contributed by atoms with Crippen LogP contribution >= 0.6 is 12.2 Å². The molecular weight excluding hydrogens is 308 g/mol. The summed E-state index contributed by atoms with van der Waals surface area (Å²) in [6.07, 6.45) is 1.62. The Labute approximate surface area is 129 Å². The summed E-state index contributed by atoms with van der Waals surface area (Å²) in [5.41, 5.74) is 7.91. The molecule has 0 saturated heterocycles. The molecule has 0 fully saturated rings. The molecule has 3 N–H and O–H groups in total. The summed E-state index contributed by atoms with van der Waals surface area (Å²) in [5, 5.41) is 4.10. The second-order valence-corrected chi connectivity index (χ2v) is 6.89. The summed E-state index contributed by atoms with van der Waals surface area (Å²) in [5.74, 6) is -0.155. The van der Waals surface area contributed by atoms with Gasteiger partial charge in [0, 0.05) is 18.8 Å². The smallest absolute Gasteiger partial charge is 0.237 e. The number of rotatable bonds is 5. The number of benzene rings is 1. The minimum absolute atomic E-state index is 0.155. The van der Waals surface area contributed by atoms with Crippen molar-refractivity contribution in [1.29, 1.82) is 0 Å². The zero-order valence-electron chi connectivity index (χ0n) is 11.7. The Morgan fingerprint density at radius 2 is 2.19 bits per heavy atom. The predicted molar refractivity (Wildman–Crippen MR) is 86.5 cm³/mol. The van der Waals surface area contributed by atoms with Crippen LogP contribution in [0.15, 0.2) is 30.5 Å².